The standard InChI is InChI=1S/C21H24FN5/c1-16-12-18(8-9-19(16)22)13-25-21(23-2)26-14-20-24-10-11-27(20)15-17-6-4-3-5-7-17/h3-12H,13-15H2,1-2H3,(H2,23,25,26). The molecule has 0 aliphatic rings. The number of nitrogens with one attached hydrogen (secondary N) is 2. The molecule has 0 radical (unpaired) electrons. The smallest absolute Gasteiger partial charge is 0.191 e. The Morgan fingerprint density at radius 3 is 2.59 bits per heavy atom. The largest absolute Gasteiger partial charge is 0.352 e. The number of halogens is 1. The molecule has 2 aromatic carbocycles. The summed E-state index contributed by atoms with van der Waals surface area (Å²) in [5.74, 6) is 1.41. The first-order valence-electron chi connectivity index (χ1n) is 8.89. The average molecular weight is 365 g/mol. The number of aliphatic imine (C=N–C) groups is 1. The topological polar surface area (TPSA) is 54.2 Å². The van der Waals surface area contributed by atoms with Crippen molar-refractivity contribution in [3.63, 3.8) is 0 Å². The lowest BCUT2D eigenvalue weighted by Gasteiger charge is -2.13. The van der Waals surface area contributed by atoms with Crippen LogP contribution in [0.1, 0.15) is 22.5 Å². The van der Waals surface area contributed by atoms with E-state index in [2.05, 4.69) is 37.3 Å². The number of aromatic nitrogens is 2. The SMILES string of the molecule is CN=C(NCc1ccc(F)c(C)c1)NCc1nccn1Cc1ccccc1. The summed E-state index contributed by atoms with van der Waals surface area (Å²) < 4.78 is 15.5. The molecule has 140 valence electrons. The summed E-state index contributed by atoms with van der Waals surface area (Å²) in [4.78, 5) is 8.67. The highest BCUT2D eigenvalue weighted by Gasteiger charge is 2.06. The second-order valence-corrected chi connectivity index (χ2v) is 6.32. The normalized spacial score (nSPS) is 11.4. The van der Waals surface area contributed by atoms with Gasteiger partial charge in [-0.2, -0.15) is 0 Å². The molecule has 0 saturated heterocycles. The highest BCUT2D eigenvalue weighted by molar-refractivity contribution is 5.79. The Hall–Kier alpha value is -3.15. The molecule has 5 nitrogen and oxygen atoms in total. The van der Waals surface area contributed by atoms with E-state index in [1.54, 1.807) is 26.2 Å². The predicted octanol–water partition coefficient (Wildman–Crippen LogP) is 3.24. The zero-order valence-electron chi connectivity index (χ0n) is 15.6. The van der Waals surface area contributed by atoms with Crippen molar-refractivity contribution < 1.29 is 4.39 Å². The van der Waals surface area contributed by atoms with Gasteiger partial charge >= 0.3 is 0 Å². The van der Waals surface area contributed by atoms with Crippen LogP contribution in [-0.2, 0) is 19.6 Å². The molecular weight excluding hydrogens is 341 g/mol. The Labute approximate surface area is 159 Å². The van der Waals surface area contributed by atoms with Gasteiger partial charge in [-0.3, -0.25) is 4.99 Å². The molecule has 0 atom stereocenters. The fraction of sp³-hybridized carbons (Fsp3) is 0.238. The maximum Gasteiger partial charge on any atom is 0.191 e. The van der Waals surface area contributed by atoms with E-state index in [0.717, 1.165) is 17.9 Å². The van der Waals surface area contributed by atoms with Crippen molar-refractivity contribution in [1.82, 2.24) is 20.2 Å². The lowest BCUT2D eigenvalue weighted by Crippen LogP contribution is -2.37. The monoisotopic (exact) mass is 365 g/mol. The van der Waals surface area contributed by atoms with E-state index in [0.29, 0.717) is 24.6 Å². The molecule has 0 aliphatic carbocycles. The number of hydrogen-bond acceptors (Lipinski definition) is 2. The molecule has 1 aromatic heterocycles. The Bertz CT molecular complexity index is 902. The molecule has 0 bridgehead atoms. The van der Waals surface area contributed by atoms with Gasteiger partial charge in [0.2, 0.25) is 0 Å². The molecule has 2 N–H and O–H groups in total. The lowest BCUT2D eigenvalue weighted by molar-refractivity contribution is 0.617. The van der Waals surface area contributed by atoms with E-state index in [1.165, 1.54) is 11.6 Å². The number of rotatable bonds is 6. The maximum atomic E-state index is 13.4. The van der Waals surface area contributed by atoms with Gasteiger partial charge in [0, 0.05) is 32.5 Å². The van der Waals surface area contributed by atoms with Crippen molar-refractivity contribution in [2.24, 2.45) is 4.99 Å². The number of imidazole rings is 1. The second-order valence-electron chi connectivity index (χ2n) is 6.32. The van der Waals surface area contributed by atoms with E-state index in [1.807, 2.05) is 30.5 Å². The van der Waals surface area contributed by atoms with Gasteiger partial charge in [-0.15, -0.1) is 0 Å². The highest BCUT2D eigenvalue weighted by atomic mass is 19.1. The molecule has 0 amide bonds. The first kappa shape index (κ1) is 18.6. The third-order valence-electron chi connectivity index (χ3n) is 4.32. The quantitative estimate of drug-likeness (QED) is 0.521. The molecule has 0 unspecified atom stereocenters. The summed E-state index contributed by atoms with van der Waals surface area (Å²) in [6.45, 7) is 3.67. The van der Waals surface area contributed by atoms with E-state index >= 15 is 0 Å². The fourth-order valence-electron chi connectivity index (χ4n) is 2.82. The van der Waals surface area contributed by atoms with Crippen molar-refractivity contribution in [2.75, 3.05) is 7.05 Å². The number of hydrogen-bond donors (Lipinski definition) is 2. The van der Waals surface area contributed by atoms with Crippen LogP contribution in [0.25, 0.3) is 0 Å². The van der Waals surface area contributed by atoms with Crippen LogP contribution >= 0.6 is 0 Å². The van der Waals surface area contributed by atoms with Crippen molar-refractivity contribution in [1.29, 1.82) is 0 Å². The molecular formula is C21H24FN5. The van der Waals surface area contributed by atoms with Crippen LogP contribution in [0, 0.1) is 12.7 Å². The van der Waals surface area contributed by atoms with Crippen LogP contribution in [0.15, 0.2) is 65.9 Å². The molecule has 3 rings (SSSR count). The van der Waals surface area contributed by atoms with Crippen LogP contribution in [0.2, 0.25) is 0 Å². The van der Waals surface area contributed by atoms with Crippen LogP contribution < -0.4 is 10.6 Å². The van der Waals surface area contributed by atoms with Gasteiger partial charge in [0.25, 0.3) is 0 Å². The zero-order valence-corrected chi connectivity index (χ0v) is 15.6. The van der Waals surface area contributed by atoms with Crippen LogP contribution in [0.5, 0.6) is 0 Å². The summed E-state index contributed by atoms with van der Waals surface area (Å²) in [6, 6.07) is 15.4. The van der Waals surface area contributed by atoms with E-state index < -0.39 is 0 Å². The van der Waals surface area contributed by atoms with Gasteiger partial charge in [0.15, 0.2) is 5.96 Å². The van der Waals surface area contributed by atoms with Gasteiger partial charge in [-0.05, 0) is 29.7 Å². The van der Waals surface area contributed by atoms with Crippen molar-refractivity contribution in [2.45, 2.75) is 26.6 Å². The molecule has 0 saturated carbocycles. The fourth-order valence-corrected chi connectivity index (χ4v) is 2.82. The minimum absolute atomic E-state index is 0.188. The van der Waals surface area contributed by atoms with Crippen molar-refractivity contribution in [3.05, 3.63) is 89.3 Å². The number of guanidine groups is 1. The zero-order chi connectivity index (χ0) is 19.1. The molecule has 27 heavy (non-hydrogen) atoms. The van der Waals surface area contributed by atoms with Crippen LogP contribution in [0.4, 0.5) is 4.39 Å². The highest BCUT2D eigenvalue weighted by Crippen LogP contribution is 2.09. The number of benzene rings is 2. The summed E-state index contributed by atoms with van der Waals surface area (Å²) >= 11 is 0. The molecule has 0 aliphatic heterocycles. The first-order chi connectivity index (χ1) is 13.2. The molecule has 3 aromatic rings. The molecule has 0 spiro atoms. The predicted molar refractivity (Wildman–Crippen MR) is 106 cm³/mol. The Morgan fingerprint density at radius 2 is 1.85 bits per heavy atom. The maximum absolute atomic E-state index is 13.4. The Kier molecular flexibility index (Phi) is 6.20. The summed E-state index contributed by atoms with van der Waals surface area (Å²) in [6.07, 6.45) is 3.78. The molecule has 0 fully saturated rings. The Balaban J connectivity index is 1.55. The summed E-state index contributed by atoms with van der Waals surface area (Å²) in [5, 5.41) is 6.52. The summed E-state index contributed by atoms with van der Waals surface area (Å²) in [5.41, 5.74) is 2.87. The van der Waals surface area contributed by atoms with E-state index in [4.69, 9.17) is 0 Å². The average Bonchev–Trinajstić information content (AvgIpc) is 3.12. The van der Waals surface area contributed by atoms with Gasteiger partial charge < -0.3 is 15.2 Å². The molecule has 1 heterocycles. The lowest BCUT2D eigenvalue weighted by atomic mass is 10.1. The number of nitrogens with zero attached hydrogens (tertiary/aromatic N) is 3. The van der Waals surface area contributed by atoms with Gasteiger partial charge in [-0.25, -0.2) is 9.37 Å². The first-order valence-corrected chi connectivity index (χ1v) is 8.89. The second kappa shape index (κ2) is 8.98. The minimum atomic E-state index is -0.188. The Morgan fingerprint density at radius 1 is 1.07 bits per heavy atom. The van der Waals surface area contributed by atoms with Crippen LogP contribution in [-0.4, -0.2) is 22.6 Å². The van der Waals surface area contributed by atoms with Gasteiger partial charge in [-0.1, -0.05) is 42.5 Å². The minimum Gasteiger partial charge on any atom is -0.352 e. The van der Waals surface area contributed by atoms with Crippen LogP contribution in [0.3, 0.4) is 0 Å². The van der Waals surface area contributed by atoms with Crippen molar-refractivity contribution in [3.8, 4) is 0 Å². The van der Waals surface area contributed by atoms with Gasteiger partial charge in [0.05, 0.1) is 6.54 Å². The third-order valence-corrected chi connectivity index (χ3v) is 4.32. The van der Waals surface area contributed by atoms with Gasteiger partial charge in [0.1, 0.15) is 11.6 Å². The van der Waals surface area contributed by atoms with E-state index in [9.17, 15) is 4.39 Å². The third kappa shape index (κ3) is 5.17. The van der Waals surface area contributed by atoms with E-state index in [-0.39, 0.29) is 5.82 Å². The molecule has 6 heteroatoms. The van der Waals surface area contributed by atoms with Crippen molar-refractivity contribution >= 4 is 5.96 Å². The number of aryl methyl sites for hydroxylation is 1. The summed E-state index contributed by atoms with van der Waals surface area (Å²) in [7, 11) is 1.72.